The normalized spacial score (nSPS) is 14.1. The van der Waals surface area contributed by atoms with Gasteiger partial charge in [0.1, 0.15) is 6.61 Å². The van der Waals surface area contributed by atoms with Crippen LogP contribution in [-0.4, -0.2) is 49.3 Å². The van der Waals surface area contributed by atoms with Crippen molar-refractivity contribution >= 4 is 19.8 Å². The van der Waals surface area contributed by atoms with Gasteiger partial charge in [-0.15, -0.1) is 0 Å². The number of carbonyl (C=O) groups excluding carboxylic acids is 2. The van der Waals surface area contributed by atoms with E-state index in [2.05, 4.69) is 117 Å². The van der Waals surface area contributed by atoms with Gasteiger partial charge in [-0.3, -0.25) is 18.6 Å². The van der Waals surface area contributed by atoms with Crippen LogP contribution in [-0.2, 0) is 32.7 Å². The SMILES string of the molecule is CC/C=C\C/C=C\C/C=C\C/C=C\C/C=C\CCCCCCCCCCCCCCCCCCCC(=O)OC(COC(=O)C/C=C\C/C=C\C/C=C\C/C=C\C/C=C\CC)COP(=O)(O)OCCN. The summed E-state index contributed by atoms with van der Waals surface area (Å²) in [5.74, 6) is -0.980. The molecular formula is C59H98NO8P. The highest BCUT2D eigenvalue weighted by atomic mass is 31.2. The number of nitrogens with two attached hydrogens (primary N) is 1. The van der Waals surface area contributed by atoms with Gasteiger partial charge in [-0.25, -0.2) is 4.57 Å². The van der Waals surface area contributed by atoms with Crippen LogP contribution in [0.15, 0.2) is 122 Å². The van der Waals surface area contributed by atoms with Gasteiger partial charge < -0.3 is 20.1 Å². The highest BCUT2D eigenvalue weighted by molar-refractivity contribution is 7.47. The summed E-state index contributed by atoms with van der Waals surface area (Å²) in [6.45, 7) is 3.39. The van der Waals surface area contributed by atoms with E-state index in [0.29, 0.717) is 12.8 Å². The fraction of sp³-hybridized carbons (Fsp3) is 0.627. The fourth-order valence-corrected chi connectivity index (χ4v) is 7.74. The van der Waals surface area contributed by atoms with Gasteiger partial charge in [-0.05, 0) is 83.5 Å². The third-order valence-electron chi connectivity index (χ3n) is 10.9. The molecule has 3 N–H and O–H groups in total. The topological polar surface area (TPSA) is 134 Å². The molecule has 0 radical (unpaired) electrons. The van der Waals surface area contributed by atoms with E-state index in [1.165, 1.54) is 89.9 Å². The summed E-state index contributed by atoms with van der Waals surface area (Å²) in [6.07, 6.45) is 74.3. The standard InChI is InChI=1S/C59H98NO8P/c1-3-5-7-9-11-13-15-17-19-20-21-22-23-24-25-26-27-28-29-30-31-32-33-34-35-36-38-40-42-44-46-48-50-52-59(62)68-57(56-67-69(63,64)66-54-53-60)55-65-58(61)51-49-47-45-43-41-39-37-18-16-14-12-10-8-6-4-2/h5-8,11-14,17-19,21-22,24-25,37,41,43,47,49,57H,3-4,9-10,15-16,20,23,26-36,38-40,42,44-46,48,50-56,60H2,1-2H3,(H,63,64)/b7-5-,8-6-,13-11-,14-12-,19-17-,22-21-,25-24-,37-18-,43-41-,49-47-. The molecule has 2 unspecified atom stereocenters. The Morgan fingerprint density at radius 2 is 0.797 bits per heavy atom. The van der Waals surface area contributed by atoms with Crippen molar-refractivity contribution in [3.63, 3.8) is 0 Å². The molecule has 0 saturated carbocycles. The third-order valence-corrected chi connectivity index (χ3v) is 11.9. The van der Waals surface area contributed by atoms with Crippen LogP contribution < -0.4 is 5.73 Å². The number of hydrogen-bond donors (Lipinski definition) is 2. The third kappa shape index (κ3) is 53.6. The Morgan fingerprint density at radius 3 is 1.19 bits per heavy atom. The zero-order valence-corrected chi connectivity index (χ0v) is 44.4. The predicted molar refractivity (Wildman–Crippen MR) is 293 cm³/mol. The average molecular weight is 980 g/mol. The molecule has 0 fully saturated rings. The van der Waals surface area contributed by atoms with Crippen molar-refractivity contribution in [1.82, 2.24) is 0 Å². The number of allylic oxidation sites excluding steroid dienone is 19. The zero-order valence-electron chi connectivity index (χ0n) is 43.5. The molecule has 0 aromatic carbocycles. The molecule has 0 spiro atoms. The van der Waals surface area contributed by atoms with E-state index in [9.17, 15) is 19.0 Å². The summed E-state index contributed by atoms with van der Waals surface area (Å²) in [7, 11) is -4.41. The predicted octanol–water partition coefficient (Wildman–Crippen LogP) is 16.8. The van der Waals surface area contributed by atoms with Gasteiger partial charge in [0, 0.05) is 13.0 Å². The minimum absolute atomic E-state index is 0.0370. The molecule has 69 heavy (non-hydrogen) atoms. The number of ether oxygens (including phenoxy) is 2. The van der Waals surface area contributed by atoms with E-state index in [-0.39, 0.29) is 32.6 Å². The van der Waals surface area contributed by atoms with Crippen molar-refractivity contribution in [1.29, 1.82) is 0 Å². The molecule has 0 bridgehead atoms. The van der Waals surface area contributed by atoms with Crippen LogP contribution in [0.5, 0.6) is 0 Å². The maximum atomic E-state index is 12.7. The lowest BCUT2D eigenvalue weighted by Gasteiger charge is -2.19. The minimum atomic E-state index is -4.41. The second-order valence-electron chi connectivity index (χ2n) is 17.4. The Labute approximate surface area is 421 Å². The second-order valence-corrected chi connectivity index (χ2v) is 18.8. The smallest absolute Gasteiger partial charge is 0.461 e. The van der Waals surface area contributed by atoms with E-state index < -0.39 is 32.5 Å². The van der Waals surface area contributed by atoms with Crippen molar-refractivity contribution in [2.45, 2.75) is 213 Å². The van der Waals surface area contributed by atoms with E-state index in [1.54, 1.807) is 6.08 Å². The largest absolute Gasteiger partial charge is 0.472 e. The van der Waals surface area contributed by atoms with E-state index in [4.69, 9.17) is 24.3 Å². The lowest BCUT2D eigenvalue weighted by molar-refractivity contribution is -0.160. The number of rotatable bonds is 49. The van der Waals surface area contributed by atoms with E-state index >= 15 is 0 Å². The molecule has 0 amide bonds. The summed E-state index contributed by atoms with van der Waals surface area (Å²) >= 11 is 0. The molecule has 392 valence electrons. The van der Waals surface area contributed by atoms with Gasteiger partial charge in [-0.1, -0.05) is 232 Å². The molecule has 0 rings (SSSR count). The van der Waals surface area contributed by atoms with Gasteiger partial charge >= 0.3 is 19.8 Å². The van der Waals surface area contributed by atoms with Crippen molar-refractivity contribution < 1.29 is 37.6 Å². The van der Waals surface area contributed by atoms with E-state index in [0.717, 1.165) is 77.0 Å². The highest BCUT2D eigenvalue weighted by Crippen LogP contribution is 2.43. The molecule has 10 heteroatoms. The lowest BCUT2D eigenvalue weighted by Crippen LogP contribution is -2.29. The van der Waals surface area contributed by atoms with Gasteiger partial charge in [0.15, 0.2) is 6.10 Å². The number of unbranched alkanes of at least 4 members (excludes halogenated alkanes) is 17. The maximum Gasteiger partial charge on any atom is 0.472 e. The van der Waals surface area contributed by atoms with Gasteiger partial charge in [-0.2, -0.15) is 0 Å². The molecule has 0 aromatic rings. The van der Waals surface area contributed by atoms with Crippen molar-refractivity contribution in [2.24, 2.45) is 5.73 Å². The molecule has 0 aliphatic heterocycles. The molecular weight excluding hydrogens is 882 g/mol. The summed E-state index contributed by atoms with van der Waals surface area (Å²) in [5.41, 5.74) is 5.36. The molecule has 9 nitrogen and oxygen atoms in total. The Hall–Kier alpha value is -3.59. The monoisotopic (exact) mass is 980 g/mol. The van der Waals surface area contributed by atoms with Gasteiger partial charge in [0.25, 0.3) is 0 Å². The number of phosphoric ester groups is 1. The van der Waals surface area contributed by atoms with Crippen LogP contribution in [0.1, 0.15) is 206 Å². The highest BCUT2D eigenvalue weighted by Gasteiger charge is 2.25. The second kappa shape index (κ2) is 53.8. The van der Waals surface area contributed by atoms with Crippen LogP contribution >= 0.6 is 7.82 Å². The van der Waals surface area contributed by atoms with Crippen LogP contribution in [0.3, 0.4) is 0 Å². The molecule has 2 atom stereocenters. The first-order chi connectivity index (χ1) is 33.8. The molecule has 0 aliphatic carbocycles. The molecule has 0 aromatic heterocycles. The summed E-state index contributed by atoms with van der Waals surface area (Å²) in [4.78, 5) is 35.0. The van der Waals surface area contributed by atoms with Crippen LogP contribution in [0.2, 0.25) is 0 Å². The van der Waals surface area contributed by atoms with Crippen molar-refractivity contribution in [3.05, 3.63) is 122 Å². The Bertz CT molecular complexity index is 1540. The summed E-state index contributed by atoms with van der Waals surface area (Å²) < 4.78 is 32.8. The molecule has 0 heterocycles. The quantitative estimate of drug-likeness (QED) is 0.0264. The molecule has 0 aliphatic rings. The van der Waals surface area contributed by atoms with Crippen molar-refractivity contribution in [2.75, 3.05) is 26.4 Å². The summed E-state index contributed by atoms with van der Waals surface area (Å²) in [5, 5.41) is 0. The van der Waals surface area contributed by atoms with E-state index in [1.807, 2.05) is 12.2 Å². The first-order valence-electron chi connectivity index (χ1n) is 27.0. The number of esters is 2. The van der Waals surface area contributed by atoms with Crippen LogP contribution in [0.4, 0.5) is 0 Å². The van der Waals surface area contributed by atoms with Crippen LogP contribution in [0.25, 0.3) is 0 Å². The lowest BCUT2D eigenvalue weighted by atomic mass is 10.0. The maximum absolute atomic E-state index is 12.7. The van der Waals surface area contributed by atoms with Crippen LogP contribution in [0, 0.1) is 0 Å². The Balaban J connectivity index is 3.99. The minimum Gasteiger partial charge on any atom is -0.461 e. The average Bonchev–Trinajstić information content (AvgIpc) is 3.34. The Kier molecular flexibility index (Phi) is 51.0. The van der Waals surface area contributed by atoms with Crippen molar-refractivity contribution in [3.8, 4) is 0 Å². The fourth-order valence-electron chi connectivity index (χ4n) is 6.97. The number of carbonyl (C=O) groups is 2. The summed E-state index contributed by atoms with van der Waals surface area (Å²) in [6, 6.07) is 0. The number of phosphoric acid groups is 1. The molecule has 0 saturated heterocycles. The first kappa shape index (κ1) is 65.4. The van der Waals surface area contributed by atoms with Gasteiger partial charge in [0.05, 0.1) is 19.6 Å². The van der Waals surface area contributed by atoms with Gasteiger partial charge in [0.2, 0.25) is 0 Å². The Morgan fingerprint density at radius 1 is 0.449 bits per heavy atom. The number of hydrogen-bond acceptors (Lipinski definition) is 8. The first-order valence-corrected chi connectivity index (χ1v) is 28.5. The zero-order chi connectivity index (χ0) is 50.2.